The fourth-order valence-corrected chi connectivity index (χ4v) is 3.22. The second-order valence-corrected chi connectivity index (χ2v) is 6.45. The monoisotopic (exact) mass is 347 g/mol. The number of hydrogen-bond acceptors (Lipinski definition) is 4. The van der Waals surface area contributed by atoms with E-state index in [-0.39, 0.29) is 16.8 Å². The standard InChI is InChI=1S/C17H15ClFN3O2/c1-17(16(20)24)6-14(9-2-3-13(19)12(18)4-9)22-15-7-21-10(8-23)5-11(15)17/h2-5,7-8,14,22H,6H2,1H3,(H2,20,24). The molecule has 1 aliphatic heterocycles. The Kier molecular flexibility index (Phi) is 4.01. The van der Waals surface area contributed by atoms with E-state index >= 15 is 0 Å². The molecule has 24 heavy (non-hydrogen) atoms. The van der Waals surface area contributed by atoms with Gasteiger partial charge in [-0.3, -0.25) is 14.6 Å². The molecule has 7 heteroatoms. The van der Waals surface area contributed by atoms with Crippen molar-refractivity contribution in [2.75, 3.05) is 5.32 Å². The number of pyridine rings is 1. The van der Waals surface area contributed by atoms with Crippen LogP contribution in [0.1, 0.15) is 41.0 Å². The lowest BCUT2D eigenvalue weighted by Gasteiger charge is -2.39. The highest BCUT2D eigenvalue weighted by atomic mass is 35.5. The predicted molar refractivity (Wildman–Crippen MR) is 88.6 cm³/mol. The summed E-state index contributed by atoms with van der Waals surface area (Å²) in [6, 6.07) is 5.68. The van der Waals surface area contributed by atoms with Gasteiger partial charge < -0.3 is 11.1 Å². The molecule has 5 nitrogen and oxygen atoms in total. The Morgan fingerprint density at radius 3 is 2.88 bits per heavy atom. The molecule has 2 heterocycles. The number of benzene rings is 1. The zero-order chi connectivity index (χ0) is 17.5. The first-order valence-electron chi connectivity index (χ1n) is 7.32. The molecule has 1 aromatic heterocycles. The minimum absolute atomic E-state index is 0.00954. The van der Waals surface area contributed by atoms with Gasteiger partial charge in [-0.1, -0.05) is 17.7 Å². The predicted octanol–water partition coefficient (Wildman–Crippen LogP) is 2.99. The van der Waals surface area contributed by atoms with Crippen LogP contribution in [0.2, 0.25) is 5.02 Å². The number of rotatable bonds is 3. The van der Waals surface area contributed by atoms with Crippen molar-refractivity contribution in [3.8, 4) is 0 Å². The van der Waals surface area contributed by atoms with Crippen molar-refractivity contribution in [1.82, 2.24) is 4.98 Å². The average molecular weight is 348 g/mol. The van der Waals surface area contributed by atoms with Crippen molar-refractivity contribution < 1.29 is 14.0 Å². The summed E-state index contributed by atoms with van der Waals surface area (Å²) >= 11 is 5.86. The molecule has 2 unspecified atom stereocenters. The van der Waals surface area contributed by atoms with E-state index in [0.29, 0.717) is 24.0 Å². The Hall–Kier alpha value is -2.47. The summed E-state index contributed by atoms with van der Waals surface area (Å²) in [5.41, 5.74) is 6.84. The SMILES string of the molecule is CC1(C(N)=O)CC(c2ccc(F)c(Cl)c2)Nc2cnc(C=O)cc21. The Labute approximate surface area is 143 Å². The second kappa shape index (κ2) is 5.87. The highest BCUT2D eigenvalue weighted by Gasteiger charge is 2.42. The number of aromatic nitrogens is 1. The van der Waals surface area contributed by atoms with Gasteiger partial charge in [-0.2, -0.15) is 0 Å². The van der Waals surface area contributed by atoms with Crippen LogP contribution < -0.4 is 11.1 Å². The third kappa shape index (κ3) is 2.63. The van der Waals surface area contributed by atoms with Gasteiger partial charge in [-0.15, -0.1) is 0 Å². The number of hydrogen-bond donors (Lipinski definition) is 2. The molecule has 2 aromatic rings. The van der Waals surface area contributed by atoms with Crippen LogP contribution in [0.5, 0.6) is 0 Å². The highest BCUT2D eigenvalue weighted by molar-refractivity contribution is 6.30. The molecule has 0 saturated heterocycles. The van der Waals surface area contributed by atoms with Gasteiger partial charge in [0.15, 0.2) is 6.29 Å². The van der Waals surface area contributed by atoms with Crippen molar-refractivity contribution >= 4 is 29.5 Å². The molecule has 0 radical (unpaired) electrons. The number of amides is 1. The lowest BCUT2D eigenvalue weighted by Crippen LogP contribution is -2.44. The van der Waals surface area contributed by atoms with Crippen LogP contribution in [-0.4, -0.2) is 17.2 Å². The van der Waals surface area contributed by atoms with E-state index in [4.69, 9.17) is 17.3 Å². The van der Waals surface area contributed by atoms with Crippen molar-refractivity contribution in [3.63, 3.8) is 0 Å². The molecular weight excluding hydrogens is 333 g/mol. The molecular formula is C17H15ClFN3O2. The molecule has 124 valence electrons. The van der Waals surface area contributed by atoms with Gasteiger partial charge in [0.05, 0.1) is 28.4 Å². The number of aldehydes is 1. The average Bonchev–Trinajstić information content (AvgIpc) is 2.56. The summed E-state index contributed by atoms with van der Waals surface area (Å²) in [6.45, 7) is 1.72. The smallest absolute Gasteiger partial charge is 0.227 e. The number of primary amides is 1. The van der Waals surface area contributed by atoms with Crippen LogP contribution in [0.25, 0.3) is 0 Å². The first-order chi connectivity index (χ1) is 11.3. The van der Waals surface area contributed by atoms with E-state index in [1.165, 1.54) is 18.3 Å². The molecule has 3 rings (SSSR count). The van der Waals surface area contributed by atoms with Crippen LogP contribution in [0, 0.1) is 5.82 Å². The zero-order valence-corrected chi connectivity index (χ0v) is 13.6. The third-order valence-electron chi connectivity index (χ3n) is 4.47. The van der Waals surface area contributed by atoms with Gasteiger partial charge in [0, 0.05) is 0 Å². The fourth-order valence-electron chi connectivity index (χ4n) is 3.03. The number of carbonyl (C=O) groups excluding carboxylic acids is 2. The highest BCUT2D eigenvalue weighted by Crippen LogP contribution is 2.44. The van der Waals surface area contributed by atoms with E-state index in [9.17, 15) is 14.0 Å². The van der Waals surface area contributed by atoms with Gasteiger partial charge in [-0.05, 0) is 42.7 Å². The van der Waals surface area contributed by atoms with Crippen LogP contribution in [0.4, 0.5) is 10.1 Å². The third-order valence-corrected chi connectivity index (χ3v) is 4.76. The summed E-state index contributed by atoms with van der Waals surface area (Å²) in [6.07, 6.45) is 2.46. The van der Waals surface area contributed by atoms with E-state index in [0.717, 1.165) is 5.56 Å². The Morgan fingerprint density at radius 2 is 2.25 bits per heavy atom. The number of carbonyl (C=O) groups is 2. The van der Waals surface area contributed by atoms with Gasteiger partial charge in [0.1, 0.15) is 11.5 Å². The van der Waals surface area contributed by atoms with Crippen LogP contribution in [-0.2, 0) is 10.2 Å². The normalized spacial score (nSPS) is 22.4. The first-order valence-corrected chi connectivity index (χ1v) is 7.70. The molecule has 0 spiro atoms. The molecule has 2 atom stereocenters. The topological polar surface area (TPSA) is 85.1 Å². The zero-order valence-electron chi connectivity index (χ0n) is 12.8. The summed E-state index contributed by atoms with van der Waals surface area (Å²) in [5, 5.41) is 3.26. The Balaban J connectivity index is 2.09. The lowest BCUT2D eigenvalue weighted by atomic mass is 9.72. The van der Waals surface area contributed by atoms with E-state index in [1.807, 2.05) is 0 Å². The summed E-state index contributed by atoms with van der Waals surface area (Å²) in [7, 11) is 0. The maximum absolute atomic E-state index is 13.4. The van der Waals surface area contributed by atoms with Gasteiger partial charge in [-0.25, -0.2) is 4.39 Å². The van der Waals surface area contributed by atoms with E-state index in [2.05, 4.69) is 10.3 Å². The quantitative estimate of drug-likeness (QED) is 0.836. The van der Waals surface area contributed by atoms with Crippen molar-refractivity contribution in [2.24, 2.45) is 5.73 Å². The van der Waals surface area contributed by atoms with Gasteiger partial charge in [0.2, 0.25) is 5.91 Å². The molecule has 0 bridgehead atoms. The first kappa shape index (κ1) is 16.4. The number of nitrogens with zero attached hydrogens (tertiary/aromatic N) is 1. The molecule has 1 aromatic carbocycles. The number of halogens is 2. The van der Waals surface area contributed by atoms with Crippen molar-refractivity contribution in [2.45, 2.75) is 24.8 Å². The number of nitrogens with two attached hydrogens (primary N) is 1. The van der Waals surface area contributed by atoms with Crippen LogP contribution >= 0.6 is 11.6 Å². The lowest BCUT2D eigenvalue weighted by molar-refractivity contribution is -0.123. The van der Waals surface area contributed by atoms with Crippen molar-refractivity contribution in [3.05, 3.63) is 58.1 Å². The van der Waals surface area contributed by atoms with E-state index in [1.54, 1.807) is 19.1 Å². The van der Waals surface area contributed by atoms with Gasteiger partial charge >= 0.3 is 0 Å². The Morgan fingerprint density at radius 1 is 1.50 bits per heavy atom. The van der Waals surface area contributed by atoms with Crippen molar-refractivity contribution in [1.29, 1.82) is 0 Å². The minimum atomic E-state index is -0.993. The summed E-state index contributed by atoms with van der Waals surface area (Å²) < 4.78 is 13.4. The largest absolute Gasteiger partial charge is 0.377 e. The molecule has 0 fully saturated rings. The molecule has 0 aliphatic carbocycles. The number of fused-ring (bicyclic) bond motifs is 1. The van der Waals surface area contributed by atoms with Crippen LogP contribution in [0.15, 0.2) is 30.5 Å². The van der Waals surface area contributed by atoms with Crippen LogP contribution in [0.3, 0.4) is 0 Å². The molecule has 3 N–H and O–H groups in total. The summed E-state index contributed by atoms with van der Waals surface area (Å²) in [4.78, 5) is 27.1. The summed E-state index contributed by atoms with van der Waals surface area (Å²) in [5.74, 6) is -1.02. The maximum atomic E-state index is 13.4. The molecule has 0 saturated carbocycles. The van der Waals surface area contributed by atoms with Gasteiger partial charge in [0.25, 0.3) is 0 Å². The Bertz CT molecular complexity index is 843. The molecule has 1 amide bonds. The number of anilines is 1. The number of nitrogens with one attached hydrogen (secondary N) is 1. The molecule has 1 aliphatic rings. The van der Waals surface area contributed by atoms with E-state index < -0.39 is 17.1 Å². The maximum Gasteiger partial charge on any atom is 0.227 e. The fraction of sp³-hybridized carbons (Fsp3) is 0.235. The minimum Gasteiger partial charge on any atom is -0.377 e. The second-order valence-electron chi connectivity index (χ2n) is 6.04.